The van der Waals surface area contributed by atoms with Gasteiger partial charge in [-0.2, -0.15) is 0 Å². The highest BCUT2D eigenvalue weighted by atomic mass is 16.3. The molecule has 0 spiro atoms. The lowest BCUT2D eigenvalue weighted by Crippen LogP contribution is -2.54. The van der Waals surface area contributed by atoms with Gasteiger partial charge >= 0.3 is 0 Å². The van der Waals surface area contributed by atoms with Gasteiger partial charge in [0.15, 0.2) is 0 Å². The maximum Gasteiger partial charge on any atom is 0.0952 e. The quantitative estimate of drug-likeness (QED) is 0.883. The predicted octanol–water partition coefficient (Wildman–Crippen LogP) is 3.16. The van der Waals surface area contributed by atoms with E-state index in [2.05, 4.69) is 28.6 Å². The maximum absolute atomic E-state index is 11.0. The third kappa shape index (κ3) is 2.16. The average molecular weight is 294 g/mol. The molecule has 114 valence electrons. The zero-order chi connectivity index (χ0) is 15.1. The number of aliphatic hydroxyl groups is 1. The van der Waals surface area contributed by atoms with Crippen LogP contribution in [-0.2, 0) is 0 Å². The summed E-state index contributed by atoms with van der Waals surface area (Å²) in [7, 11) is 0. The molecule has 4 unspecified atom stereocenters. The number of piperidine rings is 3. The minimum atomic E-state index is -0.443. The van der Waals surface area contributed by atoms with E-state index in [4.69, 9.17) is 0 Å². The third-order valence-electron chi connectivity index (χ3n) is 5.52. The molecule has 22 heavy (non-hydrogen) atoms. The first kappa shape index (κ1) is 13.9. The van der Waals surface area contributed by atoms with Crippen LogP contribution in [0.2, 0.25) is 0 Å². The third-order valence-corrected chi connectivity index (χ3v) is 5.52. The van der Waals surface area contributed by atoms with Crippen LogP contribution in [0.25, 0.3) is 10.9 Å². The minimum Gasteiger partial charge on any atom is -0.387 e. The van der Waals surface area contributed by atoms with Crippen LogP contribution in [-0.4, -0.2) is 34.1 Å². The van der Waals surface area contributed by atoms with Gasteiger partial charge in [-0.05, 0) is 48.9 Å². The molecule has 3 saturated heterocycles. The van der Waals surface area contributed by atoms with Crippen molar-refractivity contribution >= 4 is 10.9 Å². The molecular formula is C19H22N2O. The van der Waals surface area contributed by atoms with E-state index in [-0.39, 0.29) is 6.04 Å². The van der Waals surface area contributed by atoms with Crippen molar-refractivity contribution < 1.29 is 5.11 Å². The molecule has 1 aromatic heterocycles. The van der Waals surface area contributed by atoms with E-state index in [9.17, 15) is 5.11 Å². The van der Waals surface area contributed by atoms with Gasteiger partial charge in [0.25, 0.3) is 0 Å². The van der Waals surface area contributed by atoms with Gasteiger partial charge < -0.3 is 5.11 Å². The van der Waals surface area contributed by atoms with Crippen LogP contribution in [0.3, 0.4) is 0 Å². The van der Waals surface area contributed by atoms with E-state index in [1.165, 1.54) is 6.42 Å². The number of nitrogens with zero attached hydrogens (tertiary/aromatic N) is 2. The standard InChI is InChI=1S/C19H22N2O/c1-2-13-12-21-10-8-14(13)11-18(21)19(22)16-7-9-20-17-6-4-3-5-15(16)17/h2-7,9,13-14,18-19,22H,1,8,10-12H2/t13?,14-,18?,19?/m0/s1. The van der Waals surface area contributed by atoms with Gasteiger partial charge in [0.05, 0.1) is 11.6 Å². The lowest BCUT2D eigenvalue weighted by Gasteiger charge is -2.50. The van der Waals surface area contributed by atoms with Gasteiger partial charge in [-0.3, -0.25) is 9.88 Å². The van der Waals surface area contributed by atoms with Gasteiger partial charge in [0.2, 0.25) is 0 Å². The first-order chi connectivity index (χ1) is 10.8. The topological polar surface area (TPSA) is 36.4 Å². The summed E-state index contributed by atoms with van der Waals surface area (Å²) in [5, 5.41) is 12.1. The molecule has 3 aliphatic rings. The fourth-order valence-corrected chi connectivity index (χ4v) is 4.29. The Hall–Kier alpha value is -1.71. The fourth-order valence-electron chi connectivity index (χ4n) is 4.29. The van der Waals surface area contributed by atoms with Crippen molar-refractivity contribution in [3.05, 3.63) is 54.7 Å². The zero-order valence-electron chi connectivity index (χ0n) is 12.7. The average Bonchev–Trinajstić information content (AvgIpc) is 2.60. The van der Waals surface area contributed by atoms with E-state index in [0.717, 1.165) is 36.0 Å². The Bertz CT molecular complexity index is 693. The monoisotopic (exact) mass is 294 g/mol. The van der Waals surface area contributed by atoms with E-state index < -0.39 is 6.10 Å². The predicted molar refractivity (Wildman–Crippen MR) is 88.5 cm³/mol. The van der Waals surface area contributed by atoms with Crippen LogP contribution < -0.4 is 0 Å². The Morgan fingerprint density at radius 1 is 1.32 bits per heavy atom. The molecule has 3 aliphatic heterocycles. The molecule has 0 amide bonds. The van der Waals surface area contributed by atoms with Crippen molar-refractivity contribution in [3.8, 4) is 0 Å². The highest BCUT2D eigenvalue weighted by Crippen LogP contribution is 2.41. The molecule has 2 bridgehead atoms. The smallest absolute Gasteiger partial charge is 0.0952 e. The molecule has 2 aromatic rings. The SMILES string of the molecule is C=CC1CN2CC[C@H]1CC2C(O)c1ccnc2ccccc12. The summed E-state index contributed by atoms with van der Waals surface area (Å²) >= 11 is 0. The van der Waals surface area contributed by atoms with E-state index in [1.807, 2.05) is 30.5 Å². The molecule has 3 heteroatoms. The number of pyridine rings is 1. The van der Waals surface area contributed by atoms with Crippen molar-refractivity contribution in [1.82, 2.24) is 9.88 Å². The second kappa shape index (κ2) is 5.49. The van der Waals surface area contributed by atoms with Crippen molar-refractivity contribution in [2.45, 2.75) is 25.0 Å². The number of aromatic nitrogens is 1. The number of aliphatic hydroxyl groups excluding tert-OH is 1. The van der Waals surface area contributed by atoms with Gasteiger partial charge in [-0.1, -0.05) is 24.3 Å². The van der Waals surface area contributed by atoms with Crippen molar-refractivity contribution in [1.29, 1.82) is 0 Å². The summed E-state index contributed by atoms with van der Waals surface area (Å²) in [6.07, 6.45) is 5.76. The first-order valence-electron chi connectivity index (χ1n) is 8.16. The van der Waals surface area contributed by atoms with E-state index in [1.54, 1.807) is 0 Å². The Morgan fingerprint density at radius 2 is 2.18 bits per heavy atom. The number of para-hydroxylation sites is 1. The van der Waals surface area contributed by atoms with Crippen molar-refractivity contribution in [3.63, 3.8) is 0 Å². The molecule has 0 saturated carbocycles. The van der Waals surface area contributed by atoms with Crippen molar-refractivity contribution in [2.24, 2.45) is 11.8 Å². The summed E-state index contributed by atoms with van der Waals surface area (Å²) in [5.41, 5.74) is 1.97. The highest BCUT2D eigenvalue weighted by molar-refractivity contribution is 5.82. The van der Waals surface area contributed by atoms with Gasteiger partial charge in [0.1, 0.15) is 0 Å². The Morgan fingerprint density at radius 3 is 2.95 bits per heavy atom. The van der Waals surface area contributed by atoms with E-state index >= 15 is 0 Å². The Balaban J connectivity index is 1.67. The highest BCUT2D eigenvalue weighted by Gasteiger charge is 2.42. The summed E-state index contributed by atoms with van der Waals surface area (Å²) < 4.78 is 0. The Kier molecular flexibility index (Phi) is 3.47. The second-order valence-corrected chi connectivity index (χ2v) is 6.61. The second-order valence-electron chi connectivity index (χ2n) is 6.61. The molecule has 0 radical (unpaired) electrons. The first-order valence-corrected chi connectivity index (χ1v) is 8.16. The van der Waals surface area contributed by atoms with Crippen LogP contribution in [0, 0.1) is 11.8 Å². The summed E-state index contributed by atoms with van der Waals surface area (Å²) in [5.74, 6) is 1.27. The number of rotatable bonds is 3. The molecule has 3 fully saturated rings. The number of fused-ring (bicyclic) bond motifs is 4. The molecule has 1 N–H and O–H groups in total. The molecule has 0 aliphatic carbocycles. The van der Waals surface area contributed by atoms with Gasteiger partial charge in [0, 0.05) is 24.2 Å². The Labute approximate surface area is 131 Å². The van der Waals surface area contributed by atoms with Crippen LogP contribution in [0.15, 0.2) is 49.2 Å². The van der Waals surface area contributed by atoms with Crippen molar-refractivity contribution in [2.75, 3.05) is 13.1 Å². The van der Waals surface area contributed by atoms with Gasteiger partial charge in [-0.25, -0.2) is 0 Å². The van der Waals surface area contributed by atoms with Crippen LogP contribution >= 0.6 is 0 Å². The lowest BCUT2D eigenvalue weighted by atomic mass is 9.73. The zero-order valence-corrected chi connectivity index (χ0v) is 12.7. The molecule has 1 aromatic carbocycles. The summed E-state index contributed by atoms with van der Waals surface area (Å²) in [4.78, 5) is 6.86. The number of hydrogen-bond acceptors (Lipinski definition) is 3. The number of hydrogen-bond donors (Lipinski definition) is 1. The molecule has 3 nitrogen and oxygen atoms in total. The largest absolute Gasteiger partial charge is 0.387 e. The number of benzene rings is 1. The van der Waals surface area contributed by atoms with Crippen LogP contribution in [0.4, 0.5) is 0 Å². The summed E-state index contributed by atoms with van der Waals surface area (Å²) in [6, 6.07) is 10.3. The lowest BCUT2D eigenvalue weighted by molar-refractivity contribution is -0.0444. The van der Waals surface area contributed by atoms with Crippen LogP contribution in [0.1, 0.15) is 24.5 Å². The normalized spacial score (nSPS) is 32.0. The molecule has 5 rings (SSSR count). The molecule has 5 atom stereocenters. The van der Waals surface area contributed by atoms with E-state index in [0.29, 0.717) is 11.8 Å². The van der Waals surface area contributed by atoms with Gasteiger partial charge in [-0.15, -0.1) is 6.58 Å². The fraction of sp³-hybridized carbons (Fsp3) is 0.421. The summed E-state index contributed by atoms with van der Waals surface area (Å²) in [6.45, 7) is 6.11. The maximum atomic E-state index is 11.0. The molecular weight excluding hydrogens is 272 g/mol. The molecule has 4 heterocycles. The van der Waals surface area contributed by atoms with Crippen LogP contribution in [0.5, 0.6) is 0 Å². The minimum absolute atomic E-state index is 0.223.